The third kappa shape index (κ3) is 2.94. The molecule has 1 heterocycles. The van der Waals surface area contributed by atoms with Gasteiger partial charge in [0, 0.05) is 12.8 Å². The molecule has 0 aromatic heterocycles. The summed E-state index contributed by atoms with van der Waals surface area (Å²) in [7, 11) is 0. The number of amides is 1. The number of carbonyl (C=O) groups is 2. The highest BCUT2D eigenvalue weighted by atomic mass is 16.5. The molecule has 0 saturated heterocycles. The summed E-state index contributed by atoms with van der Waals surface area (Å²) in [6.07, 6.45) is 0.608. The molecule has 0 aliphatic carbocycles. The SMILES string of the molecule is Cc1ccccc1COC(=O)C1=NNC(=O)CC1. The molecule has 1 aliphatic heterocycles. The standard InChI is InChI=1S/C13H14N2O3/c1-9-4-2-3-5-10(9)8-18-13(17)11-6-7-12(16)15-14-11/h2-5H,6-8H2,1H3,(H,15,16). The van der Waals surface area contributed by atoms with Gasteiger partial charge in [0.1, 0.15) is 12.3 Å². The average Bonchev–Trinajstić information content (AvgIpc) is 2.38. The van der Waals surface area contributed by atoms with Gasteiger partial charge in [0.05, 0.1) is 0 Å². The number of nitrogens with zero attached hydrogens (tertiary/aromatic N) is 1. The van der Waals surface area contributed by atoms with Crippen LogP contribution in [-0.2, 0) is 20.9 Å². The van der Waals surface area contributed by atoms with Gasteiger partial charge in [-0.3, -0.25) is 4.79 Å². The molecule has 1 aliphatic rings. The maximum atomic E-state index is 11.7. The zero-order valence-corrected chi connectivity index (χ0v) is 10.1. The zero-order valence-electron chi connectivity index (χ0n) is 10.1. The Morgan fingerprint density at radius 2 is 2.17 bits per heavy atom. The molecule has 94 valence electrons. The van der Waals surface area contributed by atoms with E-state index in [4.69, 9.17) is 4.74 Å². The summed E-state index contributed by atoms with van der Waals surface area (Å²) in [6, 6.07) is 7.70. The van der Waals surface area contributed by atoms with Crippen molar-refractivity contribution in [3.8, 4) is 0 Å². The van der Waals surface area contributed by atoms with Crippen molar-refractivity contribution in [3.05, 3.63) is 35.4 Å². The molecule has 1 aromatic carbocycles. The second kappa shape index (κ2) is 5.44. The van der Waals surface area contributed by atoms with Gasteiger partial charge < -0.3 is 4.74 Å². The Bertz CT molecular complexity index is 509. The first-order chi connectivity index (χ1) is 8.66. The lowest BCUT2D eigenvalue weighted by atomic mass is 10.1. The highest BCUT2D eigenvalue weighted by molar-refractivity contribution is 6.37. The molecular weight excluding hydrogens is 232 g/mol. The van der Waals surface area contributed by atoms with Gasteiger partial charge in [-0.05, 0) is 18.1 Å². The number of hydrogen-bond donors (Lipinski definition) is 1. The van der Waals surface area contributed by atoms with E-state index in [1.807, 2.05) is 31.2 Å². The Labute approximate surface area is 105 Å². The molecule has 1 amide bonds. The summed E-state index contributed by atoms with van der Waals surface area (Å²) in [4.78, 5) is 22.6. The molecule has 0 spiro atoms. The molecule has 0 saturated carbocycles. The number of aryl methyl sites for hydroxylation is 1. The van der Waals surface area contributed by atoms with E-state index in [-0.39, 0.29) is 24.6 Å². The first kappa shape index (κ1) is 12.3. The van der Waals surface area contributed by atoms with Crippen LogP contribution in [0.3, 0.4) is 0 Å². The lowest BCUT2D eigenvalue weighted by Gasteiger charge is -2.12. The maximum Gasteiger partial charge on any atom is 0.354 e. The fraction of sp³-hybridized carbons (Fsp3) is 0.308. The van der Waals surface area contributed by atoms with Crippen LogP contribution in [0.2, 0.25) is 0 Å². The number of nitrogens with one attached hydrogen (secondary N) is 1. The van der Waals surface area contributed by atoms with Gasteiger partial charge in [-0.15, -0.1) is 0 Å². The number of hydrazone groups is 1. The van der Waals surface area contributed by atoms with Crippen LogP contribution >= 0.6 is 0 Å². The van der Waals surface area contributed by atoms with E-state index < -0.39 is 5.97 Å². The van der Waals surface area contributed by atoms with Crippen molar-refractivity contribution < 1.29 is 14.3 Å². The first-order valence-corrected chi connectivity index (χ1v) is 5.74. The lowest BCUT2D eigenvalue weighted by Crippen LogP contribution is -2.30. The average molecular weight is 246 g/mol. The second-order valence-corrected chi connectivity index (χ2v) is 4.10. The largest absolute Gasteiger partial charge is 0.456 e. The van der Waals surface area contributed by atoms with Gasteiger partial charge in [0.2, 0.25) is 5.91 Å². The fourth-order valence-corrected chi connectivity index (χ4v) is 1.62. The molecule has 1 aromatic rings. The van der Waals surface area contributed by atoms with Crippen molar-refractivity contribution in [1.82, 2.24) is 5.43 Å². The van der Waals surface area contributed by atoms with Crippen LogP contribution in [0.4, 0.5) is 0 Å². The summed E-state index contributed by atoms with van der Waals surface area (Å²) >= 11 is 0. The van der Waals surface area contributed by atoms with Crippen LogP contribution in [0.1, 0.15) is 24.0 Å². The van der Waals surface area contributed by atoms with Crippen LogP contribution in [0.5, 0.6) is 0 Å². The normalized spacial score (nSPS) is 14.7. The van der Waals surface area contributed by atoms with E-state index in [0.717, 1.165) is 11.1 Å². The molecule has 0 radical (unpaired) electrons. The number of rotatable bonds is 3. The molecule has 5 heteroatoms. The molecule has 0 fully saturated rings. The fourth-order valence-electron chi connectivity index (χ4n) is 1.62. The number of carbonyl (C=O) groups excluding carboxylic acids is 2. The van der Waals surface area contributed by atoms with Gasteiger partial charge in [-0.25, -0.2) is 10.2 Å². The topological polar surface area (TPSA) is 67.8 Å². The highest BCUT2D eigenvalue weighted by Gasteiger charge is 2.19. The van der Waals surface area contributed by atoms with Crippen LogP contribution in [0.15, 0.2) is 29.4 Å². The van der Waals surface area contributed by atoms with E-state index in [1.54, 1.807) is 0 Å². The van der Waals surface area contributed by atoms with Crippen LogP contribution in [0.25, 0.3) is 0 Å². The van der Waals surface area contributed by atoms with Crippen molar-refractivity contribution in [1.29, 1.82) is 0 Å². The summed E-state index contributed by atoms with van der Waals surface area (Å²) in [5.41, 5.74) is 4.58. The van der Waals surface area contributed by atoms with Crippen molar-refractivity contribution in [3.63, 3.8) is 0 Å². The Morgan fingerprint density at radius 3 is 2.83 bits per heavy atom. The van der Waals surface area contributed by atoms with Crippen LogP contribution in [-0.4, -0.2) is 17.6 Å². The first-order valence-electron chi connectivity index (χ1n) is 5.74. The molecule has 0 unspecified atom stereocenters. The Morgan fingerprint density at radius 1 is 1.39 bits per heavy atom. The second-order valence-electron chi connectivity index (χ2n) is 4.10. The van der Waals surface area contributed by atoms with Gasteiger partial charge in [-0.2, -0.15) is 5.10 Å². The molecule has 0 bridgehead atoms. The van der Waals surface area contributed by atoms with E-state index in [2.05, 4.69) is 10.5 Å². The lowest BCUT2D eigenvalue weighted by molar-refractivity contribution is -0.137. The van der Waals surface area contributed by atoms with Gasteiger partial charge in [0.25, 0.3) is 0 Å². The number of ether oxygens (including phenoxy) is 1. The minimum Gasteiger partial charge on any atom is -0.456 e. The number of hydrogen-bond acceptors (Lipinski definition) is 4. The predicted octanol–water partition coefficient (Wildman–Crippen LogP) is 1.30. The zero-order chi connectivity index (χ0) is 13.0. The quantitative estimate of drug-likeness (QED) is 0.817. The minimum absolute atomic E-state index is 0.176. The van der Waals surface area contributed by atoms with Crippen LogP contribution < -0.4 is 5.43 Å². The molecular formula is C13H14N2O3. The molecule has 1 N–H and O–H groups in total. The molecule has 2 rings (SSSR count). The van der Waals surface area contributed by atoms with Crippen LogP contribution in [0, 0.1) is 6.92 Å². The van der Waals surface area contributed by atoms with Gasteiger partial charge >= 0.3 is 5.97 Å². The van der Waals surface area contributed by atoms with Crippen molar-refractivity contribution in [2.24, 2.45) is 5.10 Å². The van der Waals surface area contributed by atoms with Gasteiger partial charge in [0.15, 0.2) is 0 Å². The summed E-state index contributed by atoms with van der Waals surface area (Å²) in [6.45, 7) is 2.18. The van der Waals surface area contributed by atoms with E-state index >= 15 is 0 Å². The smallest absolute Gasteiger partial charge is 0.354 e. The highest BCUT2D eigenvalue weighted by Crippen LogP contribution is 2.09. The minimum atomic E-state index is -0.474. The molecule has 5 nitrogen and oxygen atoms in total. The third-order valence-electron chi connectivity index (χ3n) is 2.76. The van der Waals surface area contributed by atoms with E-state index in [1.165, 1.54) is 0 Å². The maximum absolute atomic E-state index is 11.7. The third-order valence-corrected chi connectivity index (χ3v) is 2.76. The Hall–Kier alpha value is -2.17. The summed E-state index contributed by atoms with van der Waals surface area (Å²) in [5, 5.41) is 3.69. The number of benzene rings is 1. The van der Waals surface area contributed by atoms with E-state index in [9.17, 15) is 9.59 Å². The Balaban J connectivity index is 1.93. The van der Waals surface area contributed by atoms with Crippen molar-refractivity contribution in [2.45, 2.75) is 26.4 Å². The summed E-state index contributed by atoms with van der Waals surface area (Å²) < 4.78 is 5.16. The number of esters is 1. The Kier molecular flexibility index (Phi) is 3.72. The van der Waals surface area contributed by atoms with Gasteiger partial charge in [-0.1, -0.05) is 24.3 Å². The van der Waals surface area contributed by atoms with E-state index in [0.29, 0.717) is 6.42 Å². The predicted molar refractivity (Wildman–Crippen MR) is 65.8 cm³/mol. The van der Waals surface area contributed by atoms with Crippen molar-refractivity contribution >= 4 is 17.6 Å². The molecule has 18 heavy (non-hydrogen) atoms. The van der Waals surface area contributed by atoms with Crippen molar-refractivity contribution in [2.75, 3.05) is 0 Å². The molecule has 0 atom stereocenters. The monoisotopic (exact) mass is 246 g/mol. The summed E-state index contributed by atoms with van der Waals surface area (Å²) in [5.74, 6) is -0.649.